The molecule has 0 aliphatic rings. The molecular formula is C16H25FN2O. The van der Waals surface area contributed by atoms with E-state index in [1.165, 1.54) is 12.1 Å². The summed E-state index contributed by atoms with van der Waals surface area (Å²) in [6.45, 7) is 7.86. The monoisotopic (exact) mass is 280 g/mol. The fourth-order valence-electron chi connectivity index (χ4n) is 1.99. The standard InChI is InChI=1S/C16H25FN2O/c1-11(2)15(12-5-7-13(17)8-6-12)19-14(20)9-10-16(3,4)18/h5-8,11,15H,9-10,18H2,1-4H3,(H,19,20). The van der Waals surface area contributed by atoms with E-state index in [0.29, 0.717) is 12.8 Å². The molecule has 1 aromatic carbocycles. The topological polar surface area (TPSA) is 55.1 Å². The quantitative estimate of drug-likeness (QED) is 0.841. The van der Waals surface area contributed by atoms with E-state index in [2.05, 4.69) is 5.32 Å². The third-order valence-corrected chi connectivity index (χ3v) is 3.21. The van der Waals surface area contributed by atoms with Gasteiger partial charge < -0.3 is 11.1 Å². The predicted molar refractivity (Wildman–Crippen MR) is 79.6 cm³/mol. The fraction of sp³-hybridized carbons (Fsp3) is 0.562. The predicted octanol–water partition coefficient (Wildman–Crippen LogP) is 3.16. The van der Waals surface area contributed by atoms with Crippen molar-refractivity contribution in [3.05, 3.63) is 35.6 Å². The third kappa shape index (κ3) is 5.70. The first-order valence-electron chi connectivity index (χ1n) is 7.03. The van der Waals surface area contributed by atoms with Crippen molar-refractivity contribution >= 4 is 5.91 Å². The maximum Gasteiger partial charge on any atom is 0.220 e. The van der Waals surface area contributed by atoms with E-state index >= 15 is 0 Å². The minimum Gasteiger partial charge on any atom is -0.349 e. The van der Waals surface area contributed by atoms with Gasteiger partial charge in [0.2, 0.25) is 5.91 Å². The summed E-state index contributed by atoms with van der Waals surface area (Å²) >= 11 is 0. The van der Waals surface area contributed by atoms with Crippen molar-refractivity contribution < 1.29 is 9.18 Å². The summed E-state index contributed by atoms with van der Waals surface area (Å²) in [5, 5.41) is 3.01. The van der Waals surface area contributed by atoms with Crippen LogP contribution in [0.25, 0.3) is 0 Å². The highest BCUT2D eigenvalue weighted by atomic mass is 19.1. The summed E-state index contributed by atoms with van der Waals surface area (Å²) in [5.41, 5.74) is 6.45. The van der Waals surface area contributed by atoms with Crippen LogP contribution in [0.1, 0.15) is 52.1 Å². The second kappa shape index (κ2) is 6.84. The van der Waals surface area contributed by atoms with Crippen molar-refractivity contribution in [2.24, 2.45) is 11.7 Å². The maximum absolute atomic E-state index is 13.0. The van der Waals surface area contributed by atoms with Crippen molar-refractivity contribution in [3.8, 4) is 0 Å². The molecule has 0 saturated carbocycles. The molecule has 3 nitrogen and oxygen atoms in total. The zero-order valence-electron chi connectivity index (χ0n) is 12.7. The lowest BCUT2D eigenvalue weighted by Crippen LogP contribution is -2.36. The summed E-state index contributed by atoms with van der Waals surface area (Å²) in [5.74, 6) is -0.0608. The van der Waals surface area contributed by atoms with Gasteiger partial charge in [0.25, 0.3) is 0 Å². The van der Waals surface area contributed by atoms with Gasteiger partial charge >= 0.3 is 0 Å². The number of carbonyl (C=O) groups excluding carboxylic acids is 1. The van der Waals surface area contributed by atoms with Crippen molar-refractivity contribution in [3.63, 3.8) is 0 Å². The molecule has 1 amide bonds. The average molecular weight is 280 g/mol. The molecule has 1 atom stereocenters. The van der Waals surface area contributed by atoms with Gasteiger partial charge in [-0.3, -0.25) is 4.79 Å². The first-order chi connectivity index (χ1) is 9.19. The molecule has 0 aromatic heterocycles. The van der Waals surface area contributed by atoms with Gasteiger partial charge in [0.15, 0.2) is 0 Å². The number of hydrogen-bond acceptors (Lipinski definition) is 2. The Labute approximate surface area is 120 Å². The van der Waals surface area contributed by atoms with Gasteiger partial charge in [-0.15, -0.1) is 0 Å². The number of nitrogens with two attached hydrogens (primary N) is 1. The SMILES string of the molecule is CC(C)C(NC(=O)CCC(C)(C)N)c1ccc(F)cc1. The molecule has 1 rings (SSSR count). The molecule has 0 spiro atoms. The molecule has 20 heavy (non-hydrogen) atoms. The summed E-state index contributed by atoms with van der Waals surface area (Å²) in [7, 11) is 0. The molecule has 112 valence electrons. The Morgan fingerprint density at radius 2 is 1.85 bits per heavy atom. The maximum atomic E-state index is 13.0. The van der Waals surface area contributed by atoms with Crippen LogP contribution in [0.5, 0.6) is 0 Å². The highest BCUT2D eigenvalue weighted by Crippen LogP contribution is 2.22. The molecule has 0 saturated heterocycles. The van der Waals surface area contributed by atoms with Gasteiger partial charge in [0.05, 0.1) is 6.04 Å². The molecule has 3 N–H and O–H groups in total. The summed E-state index contributed by atoms with van der Waals surface area (Å²) in [6, 6.07) is 6.16. The largest absolute Gasteiger partial charge is 0.349 e. The van der Waals surface area contributed by atoms with Crippen molar-refractivity contribution in [2.45, 2.75) is 52.1 Å². The van der Waals surface area contributed by atoms with Crippen LogP contribution in [0.3, 0.4) is 0 Å². The number of amides is 1. The van der Waals surface area contributed by atoms with Crippen LogP contribution in [-0.2, 0) is 4.79 Å². The highest BCUT2D eigenvalue weighted by Gasteiger charge is 2.20. The first kappa shape index (κ1) is 16.6. The Hall–Kier alpha value is -1.42. The van der Waals surface area contributed by atoms with Crippen LogP contribution >= 0.6 is 0 Å². The van der Waals surface area contributed by atoms with Gasteiger partial charge in [0, 0.05) is 12.0 Å². The Kier molecular flexibility index (Phi) is 5.69. The van der Waals surface area contributed by atoms with Gasteiger partial charge in [-0.25, -0.2) is 4.39 Å². The molecule has 1 aromatic rings. The van der Waals surface area contributed by atoms with Gasteiger partial charge in [0.1, 0.15) is 5.82 Å². The smallest absolute Gasteiger partial charge is 0.220 e. The van der Waals surface area contributed by atoms with E-state index in [9.17, 15) is 9.18 Å². The number of benzene rings is 1. The molecule has 0 radical (unpaired) electrons. The average Bonchev–Trinajstić information content (AvgIpc) is 2.33. The fourth-order valence-corrected chi connectivity index (χ4v) is 1.99. The molecule has 4 heteroatoms. The lowest BCUT2D eigenvalue weighted by molar-refractivity contribution is -0.122. The Morgan fingerprint density at radius 3 is 2.30 bits per heavy atom. The van der Waals surface area contributed by atoms with Crippen LogP contribution in [0.15, 0.2) is 24.3 Å². The van der Waals surface area contributed by atoms with Gasteiger partial charge in [-0.05, 0) is 43.9 Å². The van der Waals surface area contributed by atoms with Gasteiger partial charge in [-0.1, -0.05) is 26.0 Å². The molecule has 0 heterocycles. The summed E-state index contributed by atoms with van der Waals surface area (Å²) in [6.07, 6.45) is 1.03. The second-order valence-electron chi connectivity index (χ2n) is 6.33. The zero-order chi connectivity index (χ0) is 15.3. The lowest BCUT2D eigenvalue weighted by Gasteiger charge is -2.24. The number of hydrogen-bond donors (Lipinski definition) is 2. The van der Waals surface area contributed by atoms with Gasteiger partial charge in [-0.2, -0.15) is 0 Å². The van der Waals surface area contributed by atoms with Crippen LogP contribution in [0.4, 0.5) is 4.39 Å². The first-order valence-corrected chi connectivity index (χ1v) is 7.03. The van der Waals surface area contributed by atoms with E-state index in [4.69, 9.17) is 5.73 Å². The minimum absolute atomic E-state index is 0.0217. The second-order valence-corrected chi connectivity index (χ2v) is 6.33. The normalized spacial score (nSPS) is 13.3. The zero-order valence-corrected chi connectivity index (χ0v) is 12.7. The summed E-state index contributed by atoms with van der Waals surface area (Å²) < 4.78 is 13.0. The lowest BCUT2D eigenvalue weighted by atomic mass is 9.95. The van der Waals surface area contributed by atoms with Crippen LogP contribution < -0.4 is 11.1 Å². The van der Waals surface area contributed by atoms with Crippen LogP contribution in [-0.4, -0.2) is 11.4 Å². The Bertz CT molecular complexity index is 435. The number of halogens is 1. The van der Waals surface area contributed by atoms with Crippen molar-refractivity contribution in [1.29, 1.82) is 0 Å². The highest BCUT2D eigenvalue weighted by molar-refractivity contribution is 5.76. The third-order valence-electron chi connectivity index (χ3n) is 3.21. The van der Waals surface area contributed by atoms with E-state index in [0.717, 1.165) is 5.56 Å². The molecule has 0 bridgehead atoms. The molecular weight excluding hydrogens is 255 g/mol. The van der Waals surface area contributed by atoms with E-state index in [1.807, 2.05) is 27.7 Å². The number of rotatable bonds is 6. The van der Waals surface area contributed by atoms with E-state index in [1.54, 1.807) is 12.1 Å². The van der Waals surface area contributed by atoms with Crippen LogP contribution in [0.2, 0.25) is 0 Å². The minimum atomic E-state index is -0.347. The molecule has 0 aliphatic carbocycles. The molecule has 0 fully saturated rings. The van der Waals surface area contributed by atoms with E-state index < -0.39 is 0 Å². The Balaban J connectivity index is 2.68. The number of nitrogens with one attached hydrogen (secondary N) is 1. The summed E-state index contributed by atoms with van der Waals surface area (Å²) in [4.78, 5) is 12.0. The van der Waals surface area contributed by atoms with E-state index in [-0.39, 0.29) is 29.2 Å². The molecule has 1 unspecified atom stereocenters. The van der Waals surface area contributed by atoms with Crippen molar-refractivity contribution in [1.82, 2.24) is 5.32 Å². The van der Waals surface area contributed by atoms with Crippen LogP contribution in [0, 0.1) is 11.7 Å². The molecule has 0 aliphatic heterocycles. The Morgan fingerprint density at radius 1 is 1.30 bits per heavy atom. The van der Waals surface area contributed by atoms with Crippen molar-refractivity contribution in [2.75, 3.05) is 0 Å². The number of carbonyl (C=O) groups is 1.